The zero-order valence-electron chi connectivity index (χ0n) is 8.84. The molecule has 0 unspecified atom stereocenters. The van der Waals surface area contributed by atoms with Crippen LogP contribution in [0, 0.1) is 0 Å². The summed E-state index contributed by atoms with van der Waals surface area (Å²) < 4.78 is 5.25. The second-order valence-corrected chi connectivity index (χ2v) is 3.66. The number of pyridine rings is 1. The molecule has 0 saturated heterocycles. The Morgan fingerprint density at radius 3 is 2.67 bits per heavy atom. The summed E-state index contributed by atoms with van der Waals surface area (Å²) >= 11 is 0. The molecule has 2 heterocycles. The zero-order chi connectivity index (χ0) is 10.7. The van der Waals surface area contributed by atoms with Gasteiger partial charge in [-0.1, -0.05) is 5.16 Å². The van der Waals surface area contributed by atoms with Crippen molar-refractivity contribution in [3.63, 3.8) is 0 Å². The van der Waals surface area contributed by atoms with Crippen molar-refractivity contribution in [3.05, 3.63) is 36.3 Å². The molecule has 2 aromatic heterocycles. The van der Waals surface area contributed by atoms with Gasteiger partial charge in [0, 0.05) is 30.6 Å². The van der Waals surface area contributed by atoms with E-state index in [9.17, 15) is 0 Å². The number of hydrogen-bond acceptors (Lipinski definition) is 4. The molecule has 0 saturated carbocycles. The first-order valence-corrected chi connectivity index (χ1v) is 4.76. The van der Waals surface area contributed by atoms with Crippen LogP contribution >= 0.6 is 0 Å². The molecule has 0 aliphatic carbocycles. The van der Waals surface area contributed by atoms with Crippen molar-refractivity contribution < 1.29 is 4.52 Å². The molecular formula is C11H13N3O. The van der Waals surface area contributed by atoms with Gasteiger partial charge >= 0.3 is 0 Å². The van der Waals surface area contributed by atoms with Crippen LogP contribution in [-0.4, -0.2) is 29.1 Å². The topological polar surface area (TPSA) is 42.2 Å². The minimum atomic E-state index is 0.786. The van der Waals surface area contributed by atoms with Crippen LogP contribution in [0.4, 0.5) is 0 Å². The van der Waals surface area contributed by atoms with Gasteiger partial charge in [0.05, 0.1) is 5.69 Å². The molecule has 2 aromatic rings. The lowest BCUT2D eigenvalue weighted by Gasteiger charge is -2.04. The molecule has 0 atom stereocenters. The molecule has 0 radical (unpaired) electrons. The smallest absolute Gasteiger partial charge is 0.167 e. The van der Waals surface area contributed by atoms with Gasteiger partial charge in [0.25, 0.3) is 0 Å². The van der Waals surface area contributed by atoms with Gasteiger partial charge in [-0.25, -0.2) is 0 Å². The molecule has 4 nitrogen and oxygen atoms in total. The first-order chi connectivity index (χ1) is 7.25. The van der Waals surface area contributed by atoms with Gasteiger partial charge in [0.15, 0.2) is 5.76 Å². The summed E-state index contributed by atoms with van der Waals surface area (Å²) in [5.41, 5.74) is 1.94. The van der Waals surface area contributed by atoms with Crippen molar-refractivity contribution in [2.75, 3.05) is 14.1 Å². The van der Waals surface area contributed by atoms with E-state index in [4.69, 9.17) is 4.52 Å². The van der Waals surface area contributed by atoms with Gasteiger partial charge in [-0.2, -0.15) is 0 Å². The minimum Gasteiger partial charge on any atom is -0.356 e. The molecular weight excluding hydrogens is 190 g/mol. The maximum Gasteiger partial charge on any atom is 0.167 e. The maximum atomic E-state index is 5.25. The predicted molar refractivity (Wildman–Crippen MR) is 57.1 cm³/mol. The van der Waals surface area contributed by atoms with Crippen molar-refractivity contribution in [2.24, 2.45) is 0 Å². The second kappa shape index (κ2) is 4.23. The highest BCUT2D eigenvalue weighted by Crippen LogP contribution is 2.19. The molecule has 15 heavy (non-hydrogen) atoms. The molecule has 0 amide bonds. The Morgan fingerprint density at radius 1 is 1.27 bits per heavy atom. The Kier molecular flexibility index (Phi) is 2.78. The third-order valence-corrected chi connectivity index (χ3v) is 2.00. The summed E-state index contributed by atoms with van der Waals surface area (Å²) in [7, 11) is 4.00. The number of nitrogens with zero attached hydrogens (tertiary/aromatic N) is 3. The minimum absolute atomic E-state index is 0.786. The van der Waals surface area contributed by atoms with Crippen LogP contribution in [0.25, 0.3) is 11.3 Å². The molecule has 0 bridgehead atoms. The van der Waals surface area contributed by atoms with Crippen LogP contribution in [0.5, 0.6) is 0 Å². The van der Waals surface area contributed by atoms with Crippen LogP contribution in [0.2, 0.25) is 0 Å². The van der Waals surface area contributed by atoms with Crippen LogP contribution < -0.4 is 0 Å². The van der Waals surface area contributed by atoms with Crippen molar-refractivity contribution in [1.82, 2.24) is 15.0 Å². The maximum absolute atomic E-state index is 5.25. The Hall–Kier alpha value is -1.68. The first kappa shape index (κ1) is 9.86. The van der Waals surface area contributed by atoms with Crippen LogP contribution in [0.1, 0.15) is 5.69 Å². The van der Waals surface area contributed by atoms with Crippen LogP contribution in [0.3, 0.4) is 0 Å². The fourth-order valence-corrected chi connectivity index (χ4v) is 1.36. The molecule has 0 aromatic carbocycles. The molecule has 0 spiro atoms. The van der Waals surface area contributed by atoms with E-state index in [0.29, 0.717) is 0 Å². The summed E-state index contributed by atoms with van der Waals surface area (Å²) in [5, 5.41) is 4.00. The van der Waals surface area contributed by atoms with E-state index in [1.54, 1.807) is 12.4 Å². The molecule has 4 heteroatoms. The average Bonchev–Trinajstić information content (AvgIpc) is 2.67. The van der Waals surface area contributed by atoms with E-state index < -0.39 is 0 Å². The number of rotatable bonds is 3. The van der Waals surface area contributed by atoms with Crippen LogP contribution in [0.15, 0.2) is 35.1 Å². The van der Waals surface area contributed by atoms with Crippen molar-refractivity contribution in [3.8, 4) is 11.3 Å². The van der Waals surface area contributed by atoms with E-state index in [1.165, 1.54) is 0 Å². The van der Waals surface area contributed by atoms with Gasteiger partial charge in [-0.15, -0.1) is 0 Å². The van der Waals surface area contributed by atoms with Crippen LogP contribution in [-0.2, 0) is 6.54 Å². The average molecular weight is 203 g/mol. The largest absolute Gasteiger partial charge is 0.356 e. The van der Waals surface area contributed by atoms with Gasteiger partial charge in [0.2, 0.25) is 0 Å². The van der Waals surface area contributed by atoms with Gasteiger partial charge in [-0.3, -0.25) is 4.98 Å². The fraction of sp³-hybridized carbons (Fsp3) is 0.273. The summed E-state index contributed by atoms with van der Waals surface area (Å²) in [6, 6.07) is 5.76. The summed E-state index contributed by atoms with van der Waals surface area (Å²) in [5.74, 6) is 0.786. The normalized spacial score (nSPS) is 10.9. The van der Waals surface area contributed by atoms with E-state index >= 15 is 0 Å². The summed E-state index contributed by atoms with van der Waals surface area (Å²) in [6.45, 7) is 0.786. The van der Waals surface area contributed by atoms with E-state index in [-0.39, 0.29) is 0 Å². The Balaban J connectivity index is 2.21. The molecule has 2 rings (SSSR count). The number of hydrogen-bond donors (Lipinski definition) is 0. The van der Waals surface area contributed by atoms with Crippen molar-refractivity contribution in [1.29, 1.82) is 0 Å². The number of aromatic nitrogens is 2. The zero-order valence-corrected chi connectivity index (χ0v) is 8.84. The van der Waals surface area contributed by atoms with E-state index in [2.05, 4.69) is 10.1 Å². The third kappa shape index (κ3) is 2.41. The molecule has 0 aliphatic rings. The summed E-state index contributed by atoms with van der Waals surface area (Å²) in [4.78, 5) is 6.01. The van der Waals surface area contributed by atoms with E-state index in [0.717, 1.165) is 23.6 Å². The third-order valence-electron chi connectivity index (χ3n) is 2.00. The van der Waals surface area contributed by atoms with Crippen molar-refractivity contribution >= 4 is 0 Å². The fourth-order valence-electron chi connectivity index (χ4n) is 1.36. The summed E-state index contributed by atoms with van der Waals surface area (Å²) in [6.07, 6.45) is 3.48. The van der Waals surface area contributed by atoms with E-state index in [1.807, 2.05) is 37.2 Å². The lowest BCUT2D eigenvalue weighted by atomic mass is 10.2. The lowest BCUT2D eigenvalue weighted by molar-refractivity contribution is 0.367. The van der Waals surface area contributed by atoms with Gasteiger partial charge in [0.1, 0.15) is 0 Å². The molecule has 0 N–H and O–H groups in total. The predicted octanol–water partition coefficient (Wildman–Crippen LogP) is 1.80. The first-order valence-electron chi connectivity index (χ1n) is 4.76. The highest BCUT2D eigenvalue weighted by atomic mass is 16.5. The van der Waals surface area contributed by atoms with Gasteiger partial charge < -0.3 is 9.42 Å². The second-order valence-electron chi connectivity index (χ2n) is 3.66. The quantitative estimate of drug-likeness (QED) is 0.762. The highest BCUT2D eigenvalue weighted by Gasteiger charge is 2.06. The Morgan fingerprint density at radius 2 is 2.00 bits per heavy atom. The monoisotopic (exact) mass is 203 g/mol. The lowest BCUT2D eigenvalue weighted by Crippen LogP contribution is -2.10. The standard InChI is InChI=1S/C11H13N3O/c1-14(2)8-10-7-11(15-13-10)9-3-5-12-6-4-9/h3-7H,8H2,1-2H3. The Bertz CT molecular complexity index is 422. The Labute approximate surface area is 88.5 Å². The SMILES string of the molecule is CN(C)Cc1cc(-c2ccncc2)on1. The van der Waals surface area contributed by atoms with Crippen molar-refractivity contribution in [2.45, 2.75) is 6.54 Å². The molecule has 78 valence electrons. The molecule has 0 aliphatic heterocycles. The highest BCUT2D eigenvalue weighted by molar-refractivity contribution is 5.56. The molecule has 0 fully saturated rings. The van der Waals surface area contributed by atoms with Gasteiger partial charge in [-0.05, 0) is 26.2 Å².